The summed E-state index contributed by atoms with van der Waals surface area (Å²) < 4.78 is 23.5. The maximum absolute atomic E-state index is 12.8. The second-order valence-electron chi connectivity index (χ2n) is 4.41. The summed E-state index contributed by atoms with van der Waals surface area (Å²) in [5.41, 5.74) is 0.778. The van der Waals surface area contributed by atoms with Crippen molar-refractivity contribution >= 4 is 42.5 Å². The molecule has 0 spiro atoms. The van der Waals surface area contributed by atoms with E-state index in [2.05, 4.69) is 10.1 Å². The second-order valence-corrected chi connectivity index (χ2v) is 7.39. The molecule has 9 heteroatoms. The summed E-state index contributed by atoms with van der Waals surface area (Å²) >= 11 is 17.6. The highest BCUT2D eigenvalue weighted by Crippen LogP contribution is 2.46. The number of hydrogen-bond acceptors (Lipinski definition) is 4. The molecule has 0 saturated carbocycles. The molecule has 1 N–H and O–H groups in total. The molecule has 0 bridgehead atoms. The van der Waals surface area contributed by atoms with E-state index in [1.807, 2.05) is 0 Å². The minimum Gasteiger partial charge on any atom is -0.412 e. The first-order chi connectivity index (χ1) is 10.9. The van der Waals surface area contributed by atoms with E-state index in [0.29, 0.717) is 10.2 Å². The highest BCUT2D eigenvalue weighted by atomic mass is 35.5. The van der Waals surface area contributed by atoms with Gasteiger partial charge >= 0.3 is 7.75 Å². The number of benzene rings is 1. The Balaban J connectivity index is 2.11. The highest BCUT2D eigenvalue weighted by Gasteiger charge is 2.26. The number of aromatic nitrogens is 1. The van der Waals surface area contributed by atoms with Crippen LogP contribution in [-0.4, -0.2) is 11.6 Å². The number of hydrogen-bond donors (Lipinski definition) is 1. The topological polar surface area (TPSA) is 60.5 Å². The lowest BCUT2D eigenvalue weighted by Crippen LogP contribution is -2.16. The molecule has 0 radical (unpaired) electrons. The van der Waals surface area contributed by atoms with E-state index in [1.54, 1.807) is 31.3 Å². The van der Waals surface area contributed by atoms with Crippen LogP contribution in [0.25, 0.3) is 0 Å². The van der Waals surface area contributed by atoms with Gasteiger partial charge in [0.2, 0.25) is 0 Å². The maximum atomic E-state index is 12.8. The Morgan fingerprint density at radius 2 is 2.00 bits per heavy atom. The molecule has 0 saturated heterocycles. The molecule has 0 aliphatic carbocycles. The van der Waals surface area contributed by atoms with Crippen LogP contribution in [0.1, 0.15) is 12.5 Å². The van der Waals surface area contributed by atoms with Crippen LogP contribution >= 0.6 is 42.5 Å². The van der Waals surface area contributed by atoms with E-state index in [4.69, 9.17) is 43.9 Å². The van der Waals surface area contributed by atoms with Gasteiger partial charge in [-0.1, -0.05) is 40.9 Å². The third-order valence-electron chi connectivity index (χ3n) is 2.68. The zero-order valence-corrected chi connectivity index (χ0v) is 15.3. The van der Waals surface area contributed by atoms with E-state index in [0.717, 1.165) is 5.56 Å². The van der Waals surface area contributed by atoms with Crippen molar-refractivity contribution in [2.24, 2.45) is 0 Å². The van der Waals surface area contributed by atoms with Crippen molar-refractivity contribution in [1.82, 2.24) is 10.1 Å². The van der Waals surface area contributed by atoms with Crippen LogP contribution in [-0.2, 0) is 15.6 Å². The number of rotatable bonds is 7. The van der Waals surface area contributed by atoms with Gasteiger partial charge in [0.05, 0.1) is 11.6 Å². The minimum absolute atomic E-state index is 0.203. The average Bonchev–Trinajstić information content (AvgIpc) is 2.50. The van der Waals surface area contributed by atoms with Gasteiger partial charge in [-0.3, -0.25) is 4.52 Å². The predicted molar refractivity (Wildman–Crippen MR) is 92.4 cm³/mol. The van der Waals surface area contributed by atoms with Crippen molar-refractivity contribution in [1.29, 1.82) is 0 Å². The van der Waals surface area contributed by atoms with Gasteiger partial charge in [0.25, 0.3) is 0 Å². The third-order valence-corrected chi connectivity index (χ3v) is 5.01. The fourth-order valence-electron chi connectivity index (χ4n) is 1.65. The Morgan fingerprint density at radius 3 is 2.61 bits per heavy atom. The third kappa shape index (κ3) is 5.64. The quantitative estimate of drug-likeness (QED) is 0.505. The van der Waals surface area contributed by atoms with Crippen LogP contribution in [0.5, 0.6) is 5.75 Å². The van der Waals surface area contributed by atoms with Gasteiger partial charge in [-0.2, -0.15) is 0 Å². The molecule has 23 heavy (non-hydrogen) atoms. The summed E-state index contributed by atoms with van der Waals surface area (Å²) in [6, 6.07) is 8.01. The molecule has 0 aliphatic rings. The van der Waals surface area contributed by atoms with E-state index >= 15 is 0 Å². The second kappa shape index (κ2) is 8.34. The van der Waals surface area contributed by atoms with Crippen LogP contribution < -0.4 is 9.61 Å². The Hall–Kier alpha value is -0.810. The summed E-state index contributed by atoms with van der Waals surface area (Å²) in [6.07, 6.45) is 1.57. The van der Waals surface area contributed by atoms with Crippen molar-refractivity contribution in [3.63, 3.8) is 0 Å². The van der Waals surface area contributed by atoms with Crippen molar-refractivity contribution in [3.8, 4) is 5.75 Å². The van der Waals surface area contributed by atoms with E-state index < -0.39 is 7.75 Å². The van der Waals surface area contributed by atoms with Gasteiger partial charge in [0.15, 0.2) is 0 Å². The molecular weight excluding hydrogens is 381 g/mol. The molecule has 1 atom stereocenters. The van der Waals surface area contributed by atoms with Crippen molar-refractivity contribution in [3.05, 3.63) is 57.3 Å². The Bertz CT molecular complexity index is 713. The average molecular weight is 396 g/mol. The molecule has 1 unspecified atom stereocenters. The molecule has 1 aromatic carbocycles. The summed E-state index contributed by atoms with van der Waals surface area (Å²) in [4.78, 5) is 3.95. The Kier molecular flexibility index (Phi) is 6.72. The SMILES string of the molecule is CCOP(=O)(NCc1ccc(Cl)nc1)Oc1ccc(Cl)cc1Cl. The number of nitrogens with one attached hydrogen (secondary N) is 1. The fraction of sp³-hybridized carbons (Fsp3) is 0.214. The Morgan fingerprint density at radius 1 is 1.22 bits per heavy atom. The number of halogens is 3. The molecule has 5 nitrogen and oxygen atoms in total. The van der Waals surface area contributed by atoms with Gasteiger partial charge in [-0.15, -0.1) is 0 Å². The predicted octanol–water partition coefficient (Wildman–Crippen LogP) is 5.36. The summed E-state index contributed by atoms with van der Waals surface area (Å²) in [6.45, 7) is 2.14. The molecule has 0 aliphatic heterocycles. The monoisotopic (exact) mass is 394 g/mol. The highest BCUT2D eigenvalue weighted by molar-refractivity contribution is 7.52. The first-order valence-electron chi connectivity index (χ1n) is 6.66. The van der Waals surface area contributed by atoms with Gasteiger partial charge in [-0.25, -0.2) is 14.6 Å². The maximum Gasteiger partial charge on any atom is 0.459 e. The normalized spacial score (nSPS) is 13.6. The van der Waals surface area contributed by atoms with Crippen LogP contribution in [0.3, 0.4) is 0 Å². The summed E-state index contributed by atoms with van der Waals surface area (Å²) in [5.74, 6) is 0.217. The van der Waals surface area contributed by atoms with Crippen molar-refractivity contribution in [2.75, 3.05) is 6.61 Å². The first-order valence-corrected chi connectivity index (χ1v) is 9.34. The van der Waals surface area contributed by atoms with E-state index in [-0.39, 0.29) is 23.9 Å². The lowest BCUT2D eigenvalue weighted by molar-refractivity contribution is 0.268. The van der Waals surface area contributed by atoms with Gasteiger partial charge in [0, 0.05) is 17.8 Å². The minimum atomic E-state index is -3.60. The zero-order valence-electron chi connectivity index (χ0n) is 12.1. The van der Waals surface area contributed by atoms with Crippen molar-refractivity contribution in [2.45, 2.75) is 13.5 Å². The lowest BCUT2D eigenvalue weighted by atomic mass is 10.3. The summed E-state index contributed by atoms with van der Waals surface area (Å²) in [5, 5.41) is 3.84. The van der Waals surface area contributed by atoms with Crippen LogP contribution in [0.2, 0.25) is 15.2 Å². The molecule has 0 fully saturated rings. The van der Waals surface area contributed by atoms with Gasteiger partial charge in [-0.05, 0) is 36.8 Å². The van der Waals surface area contributed by atoms with E-state index in [1.165, 1.54) is 12.1 Å². The standard InChI is InChI=1S/C14H14Cl3N2O3P/c1-2-21-23(20,19-9-10-3-6-14(17)18-8-10)22-13-5-4-11(15)7-12(13)16/h3-8H,2,9H2,1H3,(H,19,20). The van der Waals surface area contributed by atoms with Crippen LogP contribution in [0.15, 0.2) is 36.5 Å². The van der Waals surface area contributed by atoms with Crippen LogP contribution in [0, 0.1) is 0 Å². The lowest BCUT2D eigenvalue weighted by Gasteiger charge is -2.20. The van der Waals surface area contributed by atoms with Gasteiger partial charge in [0.1, 0.15) is 10.9 Å². The smallest absolute Gasteiger partial charge is 0.412 e. The summed E-state index contributed by atoms with van der Waals surface area (Å²) in [7, 11) is -3.60. The molecule has 2 aromatic rings. The molecule has 124 valence electrons. The molecule has 1 aromatic heterocycles. The molecule has 1 heterocycles. The molecule has 0 amide bonds. The largest absolute Gasteiger partial charge is 0.459 e. The number of nitrogens with zero attached hydrogens (tertiary/aromatic N) is 1. The fourth-order valence-corrected chi connectivity index (χ4v) is 3.61. The Labute approximate surface area is 149 Å². The van der Waals surface area contributed by atoms with E-state index in [9.17, 15) is 4.57 Å². The first kappa shape index (κ1) is 18.5. The zero-order chi connectivity index (χ0) is 16.9. The molecule has 2 rings (SSSR count). The van der Waals surface area contributed by atoms with Gasteiger partial charge < -0.3 is 4.52 Å². The van der Waals surface area contributed by atoms with Crippen molar-refractivity contribution < 1.29 is 13.6 Å². The van der Waals surface area contributed by atoms with Crippen LogP contribution in [0.4, 0.5) is 0 Å². The molecular formula is C14H14Cl3N2O3P. The number of pyridine rings is 1.